The van der Waals surface area contributed by atoms with Crippen molar-refractivity contribution < 1.29 is 9.15 Å². The first-order valence-electron chi connectivity index (χ1n) is 9.36. The second kappa shape index (κ2) is 11.7. The van der Waals surface area contributed by atoms with Crippen molar-refractivity contribution in [3.63, 3.8) is 0 Å². The van der Waals surface area contributed by atoms with Gasteiger partial charge in [-0.1, -0.05) is 6.07 Å². The van der Waals surface area contributed by atoms with Gasteiger partial charge in [0.05, 0.1) is 6.26 Å². The van der Waals surface area contributed by atoms with Gasteiger partial charge in [0.1, 0.15) is 5.76 Å². The predicted octanol–water partition coefficient (Wildman–Crippen LogP) is 4.10. The number of aliphatic imine (C=N–C) groups is 1. The number of rotatable bonds is 11. The quantitative estimate of drug-likeness (QED) is 0.276. The number of methoxy groups -OCH3 is 1. The summed E-state index contributed by atoms with van der Waals surface area (Å²) in [5, 5.41) is 9.05. The molecule has 2 aromatic rings. The van der Waals surface area contributed by atoms with Crippen LogP contribution in [-0.4, -0.2) is 39.3 Å². The van der Waals surface area contributed by atoms with Gasteiger partial charge in [0.25, 0.3) is 0 Å². The van der Waals surface area contributed by atoms with Crippen molar-refractivity contribution in [2.45, 2.75) is 32.1 Å². The zero-order chi connectivity index (χ0) is 18.1. The summed E-state index contributed by atoms with van der Waals surface area (Å²) < 4.78 is 10.6. The summed E-state index contributed by atoms with van der Waals surface area (Å²) in [5.41, 5.74) is 0.360. The van der Waals surface area contributed by atoms with Gasteiger partial charge in [0, 0.05) is 44.6 Å². The normalized spacial score (nSPS) is 15.2. The summed E-state index contributed by atoms with van der Waals surface area (Å²) in [6.07, 6.45) is 7.21. The highest BCUT2D eigenvalue weighted by Crippen LogP contribution is 2.48. The fraction of sp³-hybridized carbons (Fsp3) is 0.550. The lowest BCUT2D eigenvalue weighted by atomic mass is 10.0. The Morgan fingerprint density at radius 2 is 2.04 bits per heavy atom. The third-order valence-electron chi connectivity index (χ3n) is 4.85. The molecule has 0 aliphatic heterocycles. The summed E-state index contributed by atoms with van der Waals surface area (Å²) in [6, 6.07) is 8.21. The van der Waals surface area contributed by atoms with Crippen LogP contribution in [0.3, 0.4) is 0 Å². The van der Waals surface area contributed by atoms with Crippen LogP contribution in [0.5, 0.6) is 0 Å². The van der Waals surface area contributed by atoms with Crippen LogP contribution in [0.4, 0.5) is 0 Å². The number of furan rings is 1. The van der Waals surface area contributed by atoms with Crippen molar-refractivity contribution in [2.24, 2.45) is 10.4 Å². The van der Waals surface area contributed by atoms with Gasteiger partial charge < -0.3 is 19.8 Å². The first-order valence-corrected chi connectivity index (χ1v) is 10.2. The standard InChI is InChI=1S/C20H29N3O2S.HI/c1-24-14-10-20(8-9-20)16-23-19(21-11-6-17-4-2-13-25-17)22-12-7-18-5-3-15-26-18;/h2-5,13,15H,6-12,14,16H2,1H3,(H2,21,22,23);1H. The van der Waals surface area contributed by atoms with E-state index in [9.17, 15) is 0 Å². The molecule has 0 atom stereocenters. The molecule has 1 saturated carbocycles. The van der Waals surface area contributed by atoms with Gasteiger partial charge in [-0.3, -0.25) is 4.99 Å². The largest absolute Gasteiger partial charge is 0.469 e. The zero-order valence-electron chi connectivity index (χ0n) is 15.9. The minimum absolute atomic E-state index is 0. The van der Waals surface area contributed by atoms with Crippen LogP contribution in [0.25, 0.3) is 0 Å². The number of nitrogens with zero attached hydrogens (tertiary/aromatic N) is 1. The molecule has 1 aliphatic rings. The van der Waals surface area contributed by atoms with E-state index in [0.29, 0.717) is 5.41 Å². The number of nitrogens with one attached hydrogen (secondary N) is 2. The first kappa shape index (κ1) is 22.2. The van der Waals surface area contributed by atoms with Gasteiger partial charge in [-0.25, -0.2) is 0 Å². The number of hydrogen-bond donors (Lipinski definition) is 2. The Bertz CT molecular complexity index is 613. The minimum atomic E-state index is 0. The summed E-state index contributed by atoms with van der Waals surface area (Å²) in [5.74, 6) is 1.89. The fourth-order valence-corrected chi connectivity index (χ4v) is 3.63. The molecule has 5 nitrogen and oxygen atoms in total. The highest BCUT2D eigenvalue weighted by molar-refractivity contribution is 14.0. The Balaban J connectivity index is 0.00000261. The van der Waals surface area contributed by atoms with E-state index in [4.69, 9.17) is 14.1 Å². The maximum absolute atomic E-state index is 5.40. The molecule has 0 radical (unpaired) electrons. The Morgan fingerprint density at radius 3 is 2.67 bits per heavy atom. The molecule has 0 spiro atoms. The number of thiophene rings is 1. The predicted molar refractivity (Wildman–Crippen MR) is 122 cm³/mol. The molecule has 7 heteroatoms. The molecule has 2 aromatic heterocycles. The molecule has 150 valence electrons. The van der Waals surface area contributed by atoms with Crippen molar-refractivity contribution in [1.29, 1.82) is 0 Å². The number of hydrogen-bond acceptors (Lipinski definition) is 4. The molecular formula is C20H30IN3O2S. The van der Waals surface area contributed by atoms with E-state index in [-0.39, 0.29) is 24.0 Å². The molecule has 2 heterocycles. The molecule has 1 fully saturated rings. The van der Waals surface area contributed by atoms with Crippen LogP contribution >= 0.6 is 35.3 Å². The van der Waals surface area contributed by atoms with Gasteiger partial charge in [0.15, 0.2) is 5.96 Å². The average molecular weight is 503 g/mol. The molecule has 0 amide bonds. The molecular weight excluding hydrogens is 473 g/mol. The molecule has 0 bridgehead atoms. The maximum atomic E-state index is 5.40. The lowest BCUT2D eigenvalue weighted by Gasteiger charge is -2.15. The Morgan fingerprint density at radius 1 is 1.22 bits per heavy atom. The fourth-order valence-electron chi connectivity index (χ4n) is 2.92. The van der Waals surface area contributed by atoms with E-state index in [1.165, 1.54) is 17.7 Å². The van der Waals surface area contributed by atoms with Gasteiger partial charge in [-0.05, 0) is 54.7 Å². The molecule has 0 aromatic carbocycles. The lowest BCUT2D eigenvalue weighted by molar-refractivity contribution is 0.174. The smallest absolute Gasteiger partial charge is 0.191 e. The van der Waals surface area contributed by atoms with E-state index in [1.807, 2.05) is 12.1 Å². The number of guanidine groups is 1. The molecule has 0 saturated heterocycles. The van der Waals surface area contributed by atoms with Crippen molar-refractivity contribution in [3.05, 3.63) is 46.5 Å². The Hall–Kier alpha value is -1.06. The van der Waals surface area contributed by atoms with Crippen LogP contribution in [0, 0.1) is 5.41 Å². The van der Waals surface area contributed by atoms with Crippen LogP contribution in [0.15, 0.2) is 45.3 Å². The van der Waals surface area contributed by atoms with E-state index in [0.717, 1.165) is 57.2 Å². The Kier molecular flexibility index (Phi) is 9.64. The number of ether oxygens (including phenoxy) is 1. The van der Waals surface area contributed by atoms with E-state index in [2.05, 4.69) is 28.1 Å². The molecule has 3 rings (SSSR count). The van der Waals surface area contributed by atoms with Gasteiger partial charge in [-0.15, -0.1) is 35.3 Å². The van der Waals surface area contributed by atoms with E-state index < -0.39 is 0 Å². The highest BCUT2D eigenvalue weighted by Gasteiger charge is 2.41. The summed E-state index contributed by atoms with van der Waals surface area (Å²) in [7, 11) is 1.77. The third-order valence-corrected chi connectivity index (χ3v) is 5.79. The monoisotopic (exact) mass is 503 g/mol. The maximum Gasteiger partial charge on any atom is 0.191 e. The molecule has 2 N–H and O–H groups in total. The highest BCUT2D eigenvalue weighted by atomic mass is 127. The summed E-state index contributed by atoms with van der Waals surface area (Å²) >= 11 is 1.80. The second-order valence-electron chi connectivity index (χ2n) is 6.92. The Labute approximate surface area is 183 Å². The van der Waals surface area contributed by atoms with Crippen LogP contribution in [0.1, 0.15) is 29.9 Å². The molecule has 1 aliphatic carbocycles. The summed E-state index contributed by atoms with van der Waals surface area (Å²) in [4.78, 5) is 6.25. The van der Waals surface area contributed by atoms with E-state index >= 15 is 0 Å². The molecule has 27 heavy (non-hydrogen) atoms. The van der Waals surface area contributed by atoms with Crippen LogP contribution in [0.2, 0.25) is 0 Å². The third kappa shape index (κ3) is 7.83. The topological polar surface area (TPSA) is 58.8 Å². The average Bonchev–Trinajstić information content (AvgIpc) is 3.05. The minimum Gasteiger partial charge on any atom is -0.469 e. The van der Waals surface area contributed by atoms with Crippen LogP contribution < -0.4 is 10.6 Å². The molecule has 0 unspecified atom stereocenters. The lowest BCUT2D eigenvalue weighted by Crippen LogP contribution is -2.39. The zero-order valence-corrected chi connectivity index (χ0v) is 19.1. The van der Waals surface area contributed by atoms with Crippen molar-refractivity contribution in [3.8, 4) is 0 Å². The summed E-state index contributed by atoms with van der Waals surface area (Å²) in [6.45, 7) is 3.38. The second-order valence-corrected chi connectivity index (χ2v) is 7.95. The van der Waals surface area contributed by atoms with Gasteiger partial charge in [-0.2, -0.15) is 0 Å². The van der Waals surface area contributed by atoms with Gasteiger partial charge in [0.2, 0.25) is 0 Å². The van der Waals surface area contributed by atoms with Crippen molar-refractivity contribution in [1.82, 2.24) is 10.6 Å². The number of halogens is 1. The van der Waals surface area contributed by atoms with E-state index in [1.54, 1.807) is 24.7 Å². The first-order chi connectivity index (χ1) is 12.8. The van der Waals surface area contributed by atoms with Crippen LogP contribution in [-0.2, 0) is 17.6 Å². The SMILES string of the molecule is COCCC1(CN=C(NCCc2ccco2)NCCc2cccs2)CC1.I. The van der Waals surface area contributed by atoms with Crippen molar-refractivity contribution >= 4 is 41.3 Å². The van der Waals surface area contributed by atoms with Gasteiger partial charge >= 0.3 is 0 Å². The van der Waals surface area contributed by atoms with Crippen molar-refractivity contribution in [2.75, 3.05) is 33.4 Å².